The van der Waals surface area contributed by atoms with Crippen molar-refractivity contribution in [2.75, 3.05) is 17.8 Å². The Kier molecular flexibility index (Phi) is 5.68. The first-order valence-electron chi connectivity index (χ1n) is 6.22. The molecule has 2 N–H and O–H groups in total. The molecule has 20 heavy (non-hydrogen) atoms. The summed E-state index contributed by atoms with van der Waals surface area (Å²) in [5, 5.41) is 13.3. The number of aromatic hydroxyl groups is 1. The van der Waals surface area contributed by atoms with Crippen LogP contribution in [0, 0.1) is 0 Å². The van der Waals surface area contributed by atoms with E-state index in [1.165, 1.54) is 7.11 Å². The summed E-state index contributed by atoms with van der Waals surface area (Å²) in [7, 11) is 1.46. The molecule has 0 heterocycles. The molecule has 1 aromatic rings. The van der Waals surface area contributed by atoms with Crippen molar-refractivity contribution in [3.8, 4) is 11.5 Å². The molecule has 1 rings (SSSR count). The predicted octanol–water partition coefficient (Wildman–Crippen LogP) is 3.69. The topological polar surface area (TPSA) is 67.8 Å². The van der Waals surface area contributed by atoms with Gasteiger partial charge < -0.3 is 14.6 Å². The number of alkyl halides is 1. The second kappa shape index (κ2) is 6.83. The molecule has 5 nitrogen and oxygen atoms in total. The Hall–Kier alpha value is -1.43. The number of phenolic OH excluding ortho intramolecular Hbond substituents is 1. The molecule has 0 bridgehead atoms. The third-order valence-electron chi connectivity index (χ3n) is 2.37. The Labute approximate surface area is 127 Å². The van der Waals surface area contributed by atoms with Crippen LogP contribution in [0.4, 0.5) is 10.5 Å². The summed E-state index contributed by atoms with van der Waals surface area (Å²) in [5.74, 6) is 0.200. The van der Waals surface area contributed by atoms with Crippen LogP contribution < -0.4 is 10.1 Å². The van der Waals surface area contributed by atoms with Crippen LogP contribution in [0.3, 0.4) is 0 Å². The Balaban J connectivity index is 2.98. The summed E-state index contributed by atoms with van der Waals surface area (Å²) < 4.78 is 10.3. The number of amides is 1. The normalized spacial score (nSPS) is 11.1. The van der Waals surface area contributed by atoms with Gasteiger partial charge in [-0.1, -0.05) is 15.9 Å². The van der Waals surface area contributed by atoms with Crippen LogP contribution >= 0.6 is 15.9 Å². The fraction of sp³-hybridized carbons (Fsp3) is 0.500. The van der Waals surface area contributed by atoms with Crippen LogP contribution in [0.15, 0.2) is 12.1 Å². The Morgan fingerprint density at radius 1 is 1.40 bits per heavy atom. The molecule has 0 atom stereocenters. The number of phenols is 1. The number of carbonyl (C=O) groups excluding carboxylic acids is 1. The largest absolute Gasteiger partial charge is 0.503 e. The van der Waals surface area contributed by atoms with E-state index in [-0.39, 0.29) is 11.4 Å². The molecule has 6 heteroatoms. The highest BCUT2D eigenvalue weighted by Gasteiger charge is 2.19. The monoisotopic (exact) mass is 345 g/mol. The maximum absolute atomic E-state index is 11.8. The van der Waals surface area contributed by atoms with Crippen molar-refractivity contribution in [3.63, 3.8) is 0 Å². The minimum Gasteiger partial charge on any atom is -0.503 e. The van der Waals surface area contributed by atoms with Gasteiger partial charge in [0.15, 0.2) is 11.5 Å². The number of halogens is 1. The maximum atomic E-state index is 11.8. The second-order valence-corrected chi connectivity index (χ2v) is 6.05. The smallest absolute Gasteiger partial charge is 0.412 e. The van der Waals surface area contributed by atoms with Crippen molar-refractivity contribution in [2.24, 2.45) is 0 Å². The number of rotatable bonds is 4. The van der Waals surface area contributed by atoms with Gasteiger partial charge in [-0.3, -0.25) is 5.32 Å². The van der Waals surface area contributed by atoms with E-state index in [0.29, 0.717) is 5.75 Å². The lowest BCUT2D eigenvalue weighted by Gasteiger charge is -2.20. The van der Waals surface area contributed by atoms with E-state index >= 15 is 0 Å². The van der Waals surface area contributed by atoms with Gasteiger partial charge in [-0.05, 0) is 44.9 Å². The lowest BCUT2D eigenvalue weighted by molar-refractivity contribution is 0.0635. The second-order valence-electron chi connectivity index (χ2n) is 5.26. The van der Waals surface area contributed by atoms with Crippen molar-refractivity contribution in [1.29, 1.82) is 0 Å². The standard InChI is InChI=1S/C14H20BrNO4/c1-14(2,3)20-13(18)16-10-7-9(5-6-15)8-11(19-4)12(10)17/h7-8,17H,5-6H2,1-4H3,(H,16,18). The number of ether oxygens (including phenoxy) is 2. The van der Waals surface area contributed by atoms with Crippen LogP contribution in [-0.4, -0.2) is 29.2 Å². The van der Waals surface area contributed by atoms with Gasteiger partial charge in [0.05, 0.1) is 12.8 Å². The highest BCUT2D eigenvalue weighted by atomic mass is 79.9. The van der Waals surface area contributed by atoms with Crippen molar-refractivity contribution in [1.82, 2.24) is 0 Å². The molecule has 0 aliphatic carbocycles. The number of aryl methyl sites for hydroxylation is 1. The van der Waals surface area contributed by atoms with Crippen molar-refractivity contribution in [2.45, 2.75) is 32.8 Å². The third kappa shape index (κ3) is 4.92. The number of benzene rings is 1. The third-order valence-corrected chi connectivity index (χ3v) is 2.77. The molecule has 0 spiro atoms. The molecule has 1 amide bonds. The van der Waals surface area contributed by atoms with E-state index in [0.717, 1.165) is 17.3 Å². The first-order valence-corrected chi connectivity index (χ1v) is 7.35. The number of anilines is 1. The zero-order chi connectivity index (χ0) is 15.3. The van der Waals surface area contributed by atoms with Gasteiger partial charge in [0, 0.05) is 5.33 Å². The summed E-state index contributed by atoms with van der Waals surface area (Å²) in [4.78, 5) is 11.8. The van der Waals surface area contributed by atoms with Crippen molar-refractivity contribution >= 4 is 27.7 Å². The molecular weight excluding hydrogens is 326 g/mol. The van der Waals surface area contributed by atoms with Crippen LogP contribution in [0.5, 0.6) is 11.5 Å². The molecule has 0 aliphatic rings. The molecule has 0 fully saturated rings. The molecule has 0 saturated heterocycles. The average Bonchev–Trinajstić information content (AvgIpc) is 2.31. The average molecular weight is 346 g/mol. The molecule has 112 valence electrons. The Morgan fingerprint density at radius 3 is 2.55 bits per heavy atom. The fourth-order valence-corrected chi connectivity index (χ4v) is 2.04. The van der Waals surface area contributed by atoms with Gasteiger partial charge in [-0.15, -0.1) is 0 Å². The lowest BCUT2D eigenvalue weighted by atomic mass is 10.1. The van der Waals surface area contributed by atoms with Gasteiger partial charge in [0.25, 0.3) is 0 Å². The summed E-state index contributed by atoms with van der Waals surface area (Å²) >= 11 is 3.35. The molecular formula is C14H20BrNO4. The summed E-state index contributed by atoms with van der Waals surface area (Å²) in [5.41, 5.74) is 0.606. The lowest BCUT2D eigenvalue weighted by Crippen LogP contribution is -2.27. The van der Waals surface area contributed by atoms with Gasteiger partial charge in [0.2, 0.25) is 0 Å². The SMILES string of the molecule is COc1cc(CCBr)cc(NC(=O)OC(C)(C)C)c1O. The number of hydrogen-bond donors (Lipinski definition) is 2. The van der Waals surface area contributed by atoms with Crippen molar-refractivity contribution < 1.29 is 19.4 Å². The summed E-state index contributed by atoms with van der Waals surface area (Å²) in [6.45, 7) is 5.32. The van der Waals surface area contributed by atoms with E-state index in [9.17, 15) is 9.90 Å². The molecule has 0 radical (unpaired) electrons. The molecule has 1 aromatic carbocycles. The first-order chi connectivity index (χ1) is 9.26. The van der Waals surface area contributed by atoms with Crippen LogP contribution in [0.1, 0.15) is 26.3 Å². The molecule has 0 saturated carbocycles. The van der Waals surface area contributed by atoms with E-state index in [4.69, 9.17) is 9.47 Å². The van der Waals surface area contributed by atoms with Gasteiger partial charge in [-0.25, -0.2) is 4.79 Å². The highest BCUT2D eigenvalue weighted by molar-refractivity contribution is 9.09. The quantitative estimate of drug-likeness (QED) is 0.645. The number of methoxy groups -OCH3 is 1. The Bertz CT molecular complexity index is 483. The van der Waals surface area contributed by atoms with Crippen LogP contribution in [0.2, 0.25) is 0 Å². The Morgan fingerprint density at radius 2 is 2.05 bits per heavy atom. The van der Waals surface area contributed by atoms with E-state index < -0.39 is 11.7 Å². The van der Waals surface area contributed by atoms with E-state index in [1.807, 2.05) is 0 Å². The van der Waals surface area contributed by atoms with Crippen molar-refractivity contribution in [3.05, 3.63) is 17.7 Å². The van der Waals surface area contributed by atoms with Gasteiger partial charge in [-0.2, -0.15) is 0 Å². The minimum atomic E-state index is -0.620. The van der Waals surface area contributed by atoms with Crippen LogP contribution in [-0.2, 0) is 11.2 Å². The highest BCUT2D eigenvalue weighted by Crippen LogP contribution is 2.36. The van der Waals surface area contributed by atoms with Gasteiger partial charge >= 0.3 is 6.09 Å². The number of hydrogen-bond acceptors (Lipinski definition) is 4. The molecule has 0 aliphatic heterocycles. The zero-order valence-electron chi connectivity index (χ0n) is 12.1. The summed E-state index contributed by atoms with van der Waals surface area (Å²) in [6.07, 6.45) is 0.130. The van der Waals surface area contributed by atoms with Crippen LogP contribution in [0.25, 0.3) is 0 Å². The molecule has 0 unspecified atom stereocenters. The molecule has 0 aromatic heterocycles. The minimum absolute atomic E-state index is 0.114. The van der Waals surface area contributed by atoms with Gasteiger partial charge in [0.1, 0.15) is 5.60 Å². The van der Waals surface area contributed by atoms with E-state index in [1.54, 1.807) is 32.9 Å². The maximum Gasteiger partial charge on any atom is 0.412 e. The number of nitrogens with one attached hydrogen (secondary N) is 1. The zero-order valence-corrected chi connectivity index (χ0v) is 13.7. The number of carbonyl (C=O) groups is 1. The predicted molar refractivity (Wildman–Crippen MR) is 82.0 cm³/mol. The summed E-state index contributed by atoms with van der Waals surface area (Å²) in [6, 6.07) is 3.43. The van der Waals surface area contributed by atoms with E-state index in [2.05, 4.69) is 21.2 Å². The first kappa shape index (κ1) is 16.6. The fourth-order valence-electron chi connectivity index (χ4n) is 1.58.